The van der Waals surface area contributed by atoms with E-state index in [0.717, 1.165) is 12.3 Å². The van der Waals surface area contributed by atoms with E-state index in [9.17, 15) is 36.6 Å². The topological polar surface area (TPSA) is 107 Å². The van der Waals surface area contributed by atoms with E-state index >= 15 is 0 Å². The van der Waals surface area contributed by atoms with Crippen molar-refractivity contribution in [3.63, 3.8) is 0 Å². The van der Waals surface area contributed by atoms with Crippen LogP contribution >= 0.6 is 12.2 Å². The van der Waals surface area contributed by atoms with Gasteiger partial charge in [0.1, 0.15) is 11.9 Å². The highest BCUT2D eigenvalue weighted by Gasteiger charge is 2.39. The van der Waals surface area contributed by atoms with E-state index in [1.165, 1.54) is 32.6 Å². The molecule has 1 saturated heterocycles. The van der Waals surface area contributed by atoms with E-state index < -0.39 is 59.5 Å². The largest absolute Gasteiger partial charge is 0.408 e. The number of anilines is 1. The lowest BCUT2D eigenvalue weighted by Gasteiger charge is -2.28. The molecule has 1 fully saturated rings. The van der Waals surface area contributed by atoms with Crippen molar-refractivity contribution in [2.45, 2.75) is 103 Å². The summed E-state index contributed by atoms with van der Waals surface area (Å²) in [6.07, 6.45) is -5.84. The fourth-order valence-electron chi connectivity index (χ4n) is 4.05. The Labute approximate surface area is 235 Å². The molecule has 2 rings (SSSR count). The number of aliphatic hydroxyl groups is 1. The van der Waals surface area contributed by atoms with Gasteiger partial charge in [-0.1, -0.05) is 19.1 Å². The quantitative estimate of drug-likeness (QED) is 0.150. The molecule has 8 nitrogen and oxygen atoms in total. The third-order valence-electron chi connectivity index (χ3n) is 6.94. The molecule has 1 aromatic heterocycles. The molecule has 1 aliphatic heterocycles. The van der Waals surface area contributed by atoms with Gasteiger partial charge in [0, 0.05) is 29.9 Å². The lowest BCUT2D eigenvalue weighted by atomic mass is 10.00. The molecule has 1 aliphatic rings. The van der Waals surface area contributed by atoms with Crippen LogP contribution in [0.5, 0.6) is 0 Å². The number of nitrogens with one attached hydrogen (secondary N) is 2. The van der Waals surface area contributed by atoms with Gasteiger partial charge in [0.2, 0.25) is 0 Å². The zero-order valence-corrected chi connectivity index (χ0v) is 24.1. The molecule has 0 aliphatic carbocycles. The first-order chi connectivity index (χ1) is 18.4. The number of aliphatic imine (C=N–C) groups is 1. The standard InChI is InChI=1S/C26H36F5N5O3S/c1-7-18(26(29,30)31)35-19-11-16(22(27)28)17(12-32-19)21(40)20(24(38)36-10-8-9-13(36)2)33-14(3)23(37)34-15(4)25(5,6)39/h11-13,15,18,20,22,39H,7-10H2,1-6H3,(H,32,35)(H,34,37)/t13-,15+,18+,20?/m0/s1. The van der Waals surface area contributed by atoms with Gasteiger partial charge in [-0.15, -0.1) is 0 Å². The van der Waals surface area contributed by atoms with E-state index in [2.05, 4.69) is 20.6 Å². The van der Waals surface area contributed by atoms with E-state index in [1.54, 1.807) is 6.92 Å². The smallest absolute Gasteiger partial charge is 0.388 e. The molecule has 0 radical (unpaired) electrons. The molecule has 0 bridgehead atoms. The first-order valence-corrected chi connectivity index (χ1v) is 13.3. The van der Waals surface area contributed by atoms with Gasteiger partial charge in [0.25, 0.3) is 18.2 Å². The Morgan fingerprint density at radius 1 is 1.30 bits per heavy atom. The van der Waals surface area contributed by atoms with Crippen LogP contribution in [0, 0.1) is 0 Å². The van der Waals surface area contributed by atoms with E-state index in [1.807, 2.05) is 6.92 Å². The lowest BCUT2D eigenvalue weighted by Crippen LogP contribution is -2.49. The lowest BCUT2D eigenvalue weighted by molar-refractivity contribution is -0.143. The number of nitrogens with zero attached hydrogens (tertiary/aromatic N) is 3. The van der Waals surface area contributed by atoms with Gasteiger partial charge in [-0.3, -0.25) is 14.6 Å². The van der Waals surface area contributed by atoms with Crippen molar-refractivity contribution in [1.29, 1.82) is 0 Å². The summed E-state index contributed by atoms with van der Waals surface area (Å²) in [5.74, 6) is -1.72. The second-order valence-electron chi connectivity index (χ2n) is 10.5. The summed E-state index contributed by atoms with van der Waals surface area (Å²) in [6, 6.07) is -3.65. The SMILES string of the molecule is CC[C@@H](Nc1cc(C(F)F)c(C(=S)C(N=C(C)C(=O)N[C@H](C)C(C)(C)O)C(=O)N2CCC[C@@H]2C)cn1)C(F)(F)F. The number of hydrogen-bond donors (Lipinski definition) is 3. The Kier molecular flexibility index (Phi) is 11.1. The van der Waals surface area contributed by atoms with Gasteiger partial charge in [-0.2, -0.15) is 13.2 Å². The minimum Gasteiger partial charge on any atom is -0.388 e. The number of carbonyl (C=O) groups excluding carboxylic acids is 2. The first kappa shape index (κ1) is 33.5. The number of pyridine rings is 1. The van der Waals surface area contributed by atoms with Gasteiger partial charge in [0.05, 0.1) is 22.2 Å². The zero-order valence-electron chi connectivity index (χ0n) is 23.3. The van der Waals surface area contributed by atoms with Crippen molar-refractivity contribution in [3.8, 4) is 0 Å². The highest BCUT2D eigenvalue weighted by Crippen LogP contribution is 2.30. The van der Waals surface area contributed by atoms with E-state index in [4.69, 9.17) is 12.2 Å². The highest BCUT2D eigenvalue weighted by molar-refractivity contribution is 7.81. The maximum atomic E-state index is 14.1. The summed E-state index contributed by atoms with van der Waals surface area (Å²) >= 11 is 5.46. The van der Waals surface area contributed by atoms with E-state index in [-0.39, 0.29) is 28.6 Å². The van der Waals surface area contributed by atoms with Crippen molar-refractivity contribution in [2.75, 3.05) is 11.9 Å². The fraction of sp³-hybridized carbons (Fsp3) is 0.654. The molecule has 1 unspecified atom stereocenters. The van der Waals surface area contributed by atoms with Crippen LogP contribution in [-0.4, -0.2) is 79.9 Å². The van der Waals surface area contributed by atoms with E-state index in [0.29, 0.717) is 19.4 Å². The summed E-state index contributed by atoms with van der Waals surface area (Å²) in [5.41, 5.74) is -2.49. The number of amides is 2. The average Bonchev–Trinajstić information content (AvgIpc) is 3.28. The fourth-order valence-corrected chi connectivity index (χ4v) is 4.38. The van der Waals surface area contributed by atoms with Crippen LogP contribution < -0.4 is 10.6 Å². The van der Waals surface area contributed by atoms with Gasteiger partial charge in [0.15, 0.2) is 6.04 Å². The van der Waals surface area contributed by atoms with Gasteiger partial charge in [-0.25, -0.2) is 13.8 Å². The molecular formula is C26H36F5N5O3S. The number of alkyl halides is 5. The summed E-state index contributed by atoms with van der Waals surface area (Å²) in [7, 11) is 0. The van der Waals surface area contributed by atoms with Crippen molar-refractivity contribution in [2.24, 2.45) is 4.99 Å². The Bertz CT molecular complexity index is 1120. The van der Waals surface area contributed by atoms with Crippen LogP contribution in [0.4, 0.5) is 27.8 Å². The summed E-state index contributed by atoms with van der Waals surface area (Å²) in [4.78, 5) is 35.6. The molecule has 2 amide bonds. The van der Waals surface area contributed by atoms with Crippen LogP contribution in [0.3, 0.4) is 0 Å². The minimum absolute atomic E-state index is 0.176. The molecule has 0 aromatic carbocycles. The highest BCUT2D eigenvalue weighted by atomic mass is 32.1. The summed E-state index contributed by atoms with van der Waals surface area (Å²) in [5, 5.41) is 14.8. The number of thiocarbonyl (C=S) groups is 1. The third-order valence-corrected chi connectivity index (χ3v) is 7.38. The Balaban J connectivity index is 2.52. The molecule has 3 N–H and O–H groups in total. The van der Waals surface area contributed by atoms with Gasteiger partial charge < -0.3 is 20.6 Å². The minimum atomic E-state index is -4.63. The first-order valence-electron chi connectivity index (χ1n) is 12.9. The zero-order chi connectivity index (χ0) is 30.6. The van der Waals surface area contributed by atoms with Crippen LogP contribution in [0.1, 0.15) is 78.4 Å². The van der Waals surface area contributed by atoms with Crippen LogP contribution in [0.25, 0.3) is 0 Å². The number of aromatic nitrogens is 1. The third kappa shape index (κ3) is 8.38. The number of halogens is 5. The second-order valence-corrected chi connectivity index (χ2v) is 10.9. The predicted molar refractivity (Wildman–Crippen MR) is 146 cm³/mol. The Morgan fingerprint density at radius 3 is 2.40 bits per heavy atom. The molecule has 4 atom stereocenters. The normalized spacial score (nSPS) is 18.9. The van der Waals surface area contributed by atoms with Crippen molar-refractivity contribution >= 4 is 40.4 Å². The maximum absolute atomic E-state index is 14.1. The Hall–Kier alpha value is -2.74. The summed E-state index contributed by atoms with van der Waals surface area (Å²) in [6.45, 7) is 9.37. The van der Waals surface area contributed by atoms with Crippen molar-refractivity contribution < 1.29 is 36.6 Å². The van der Waals surface area contributed by atoms with Crippen LogP contribution in [0.2, 0.25) is 0 Å². The molecule has 224 valence electrons. The molecule has 0 spiro atoms. The molecule has 0 saturated carbocycles. The van der Waals surface area contributed by atoms with Gasteiger partial charge >= 0.3 is 6.18 Å². The average molecular weight is 594 g/mol. The van der Waals surface area contributed by atoms with Gasteiger partial charge in [-0.05, 0) is 59.9 Å². The Morgan fingerprint density at radius 2 is 1.93 bits per heavy atom. The van der Waals surface area contributed by atoms with Crippen molar-refractivity contribution in [3.05, 3.63) is 23.4 Å². The number of rotatable bonds is 11. The number of likely N-dealkylation sites (tertiary alicyclic amines) is 1. The molecule has 40 heavy (non-hydrogen) atoms. The molecule has 1 aromatic rings. The number of hydrogen-bond acceptors (Lipinski definition) is 7. The summed E-state index contributed by atoms with van der Waals surface area (Å²) < 4.78 is 67.9. The molecule has 14 heteroatoms. The molecule has 2 heterocycles. The second kappa shape index (κ2) is 13.3. The van der Waals surface area contributed by atoms with Crippen LogP contribution in [-0.2, 0) is 9.59 Å². The number of carbonyl (C=O) groups is 2. The van der Waals surface area contributed by atoms with Crippen LogP contribution in [0.15, 0.2) is 17.3 Å². The predicted octanol–water partition coefficient (Wildman–Crippen LogP) is 4.61. The maximum Gasteiger partial charge on any atom is 0.408 e. The molecular weight excluding hydrogens is 557 g/mol. The van der Waals surface area contributed by atoms with Crippen molar-refractivity contribution in [1.82, 2.24) is 15.2 Å². The monoisotopic (exact) mass is 593 g/mol.